The van der Waals surface area contributed by atoms with Gasteiger partial charge in [-0.05, 0) is 32.0 Å². The molecule has 0 saturated heterocycles. The summed E-state index contributed by atoms with van der Waals surface area (Å²) < 4.78 is 24.8. The number of benzene rings is 1. The number of anilines is 1. The van der Waals surface area contributed by atoms with Crippen LogP contribution in [0.2, 0.25) is 0 Å². The average molecular weight is 359 g/mol. The predicted octanol–water partition coefficient (Wildman–Crippen LogP) is 1.33. The minimum absolute atomic E-state index is 0.101. The van der Waals surface area contributed by atoms with Crippen LogP contribution in [0.15, 0.2) is 35.5 Å². The van der Waals surface area contributed by atoms with Gasteiger partial charge in [0.05, 0.1) is 11.3 Å². The number of nitrogens with one attached hydrogen (secondary N) is 1. The third-order valence-electron chi connectivity index (χ3n) is 3.87. The Bertz CT molecular complexity index is 1070. The molecule has 2 heterocycles. The van der Waals surface area contributed by atoms with Crippen LogP contribution in [0.5, 0.6) is 0 Å². The Kier molecular flexibility index (Phi) is 4.25. The Morgan fingerprint density at radius 2 is 2.04 bits per heavy atom. The minimum atomic E-state index is -3.33. The van der Waals surface area contributed by atoms with E-state index in [9.17, 15) is 13.2 Å². The van der Waals surface area contributed by atoms with Crippen LogP contribution in [0.3, 0.4) is 0 Å². The molecule has 9 heteroatoms. The van der Waals surface area contributed by atoms with E-state index in [-0.39, 0.29) is 17.2 Å². The SMILES string of the molecule is Cc1nc2ncnn2c(C)c1CC(=O)Nc1cccc(S(C)(=O)=O)c1. The Labute approximate surface area is 144 Å². The summed E-state index contributed by atoms with van der Waals surface area (Å²) in [7, 11) is -3.33. The van der Waals surface area contributed by atoms with Gasteiger partial charge in [0, 0.05) is 28.9 Å². The first-order valence-corrected chi connectivity index (χ1v) is 9.40. The smallest absolute Gasteiger partial charge is 0.252 e. The molecule has 0 unspecified atom stereocenters. The summed E-state index contributed by atoms with van der Waals surface area (Å²) in [6, 6.07) is 6.16. The molecule has 0 aliphatic heterocycles. The van der Waals surface area contributed by atoms with Crippen molar-refractivity contribution in [3.8, 4) is 0 Å². The summed E-state index contributed by atoms with van der Waals surface area (Å²) >= 11 is 0. The van der Waals surface area contributed by atoms with E-state index < -0.39 is 9.84 Å². The van der Waals surface area contributed by atoms with E-state index in [2.05, 4.69) is 20.4 Å². The van der Waals surface area contributed by atoms with E-state index >= 15 is 0 Å². The van der Waals surface area contributed by atoms with Crippen molar-refractivity contribution in [2.24, 2.45) is 0 Å². The molecule has 3 aromatic rings. The largest absolute Gasteiger partial charge is 0.326 e. The van der Waals surface area contributed by atoms with Crippen molar-refractivity contribution in [3.63, 3.8) is 0 Å². The number of hydrogen-bond acceptors (Lipinski definition) is 6. The molecule has 0 spiro atoms. The van der Waals surface area contributed by atoms with Crippen LogP contribution in [-0.2, 0) is 21.1 Å². The quantitative estimate of drug-likeness (QED) is 0.753. The van der Waals surface area contributed by atoms with Crippen LogP contribution in [0.1, 0.15) is 17.0 Å². The molecule has 0 aliphatic carbocycles. The van der Waals surface area contributed by atoms with Gasteiger partial charge in [0.2, 0.25) is 5.91 Å². The van der Waals surface area contributed by atoms with Crippen molar-refractivity contribution in [2.75, 3.05) is 11.6 Å². The molecule has 0 radical (unpaired) electrons. The molecule has 0 fully saturated rings. The Hall–Kier alpha value is -2.81. The fraction of sp³-hybridized carbons (Fsp3) is 0.250. The number of fused-ring (bicyclic) bond motifs is 1. The Morgan fingerprint density at radius 3 is 2.76 bits per heavy atom. The number of hydrogen-bond donors (Lipinski definition) is 1. The van der Waals surface area contributed by atoms with Gasteiger partial charge in [0.15, 0.2) is 9.84 Å². The van der Waals surface area contributed by atoms with E-state index in [1.165, 1.54) is 18.5 Å². The molecule has 0 atom stereocenters. The predicted molar refractivity (Wildman–Crippen MR) is 92.1 cm³/mol. The van der Waals surface area contributed by atoms with Crippen molar-refractivity contribution in [2.45, 2.75) is 25.2 Å². The summed E-state index contributed by atoms with van der Waals surface area (Å²) in [5.41, 5.74) is 2.69. The second-order valence-corrected chi connectivity index (χ2v) is 7.77. The van der Waals surface area contributed by atoms with Gasteiger partial charge in [-0.2, -0.15) is 10.1 Å². The van der Waals surface area contributed by atoms with E-state index in [1.54, 1.807) is 16.6 Å². The van der Waals surface area contributed by atoms with Crippen LogP contribution in [-0.4, -0.2) is 40.2 Å². The second kappa shape index (κ2) is 6.25. The van der Waals surface area contributed by atoms with Crippen molar-refractivity contribution < 1.29 is 13.2 Å². The first kappa shape index (κ1) is 17.0. The van der Waals surface area contributed by atoms with Crippen molar-refractivity contribution >= 4 is 27.2 Å². The van der Waals surface area contributed by atoms with Crippen LogP contribution < -0.4 is 5.32 Å². The zero-order chi connectivity index (χ0) is 18.2. The van der Waals surface area contributed by atoms with Crippen LogP contribution in [0.25, 0.3) is 5.78 Å². The number of aromatic nitrogens is 4. The van der Waals surface area contributed by atoms with Gasteiger partial charge in [0.1, 0.15) is 6.33 Å². The molecule has 0 bridgehead atoms. The third kappa shape index (κ3) is 3.50. The van der Waals surface area contributed by atoms with Crippen molar-refractivity contribution in [1.82, 2.24) is 19.6 Å². The fourth-order valence-electron chi connectivity index (χ4n) is 2.58. The topological polar surface area (TPSA) is 106 Å². The van der Waals surface area contributed by atoms with Gasteiger partial charge in [-0.1, -0.05) is 6.07 Å². The van der Waals surface area contributed by atoms with Crippen molar-refractivity contribution in [3.05, 3.63) is 47.5 Å². The Balaban J connectivity index is 1.84. The monoisotopic (exact) mass is 359 g/mol. The first-order valence-electron chi connectivity index (χ1n) is 7.51. The number of carbonyl (C=O) groups is 1. The maximum absolute atomic E-state index is 12.4. The highest BCUT2D eigenvalue weighted by atomic mass is 32.2. The molecule has 3 rings (SSSR count). The molecular weight excluding hydrogens is 342 g/mol. The minimum Gasteiger partial charge on any atom is -0.326 e. The number of carbonyl (C=O) groups excluding carboxylic acids is 1. The lowest BCUT2D eigenvalue weighted by Gasteiger charge is -2.11. The van der Waals surface area contributed by atoms with Gasteiger partial charge < -0.3 is 5.32 Å². The molecule has 1 N–H and O–H groups in total. The maximum Gasteiger partial charge on any atom is 0.252 e. The standard InChI is InChI=1S/C16H17N5O3S/c1-10-14(11(2)21-16(19-10)17-9-18-21)8-15(22)20-12-5-4-6-13(7-12)25(3,23)24/h4-7,9H,8H2,1-3H3,(H,20,22). The molecule has 0 aliphatic rings. The van der Waals surface area contributed by atoms with Gasteiger partial charge in [-0.25, -0.2) is 17.9 Å². The molecule has 8 nitrogen and oxygen atoms in total. The second-order valence-electron chi connectivity index (χ2n) is 5.76. The van der Waals surface area contributed by atoms with Gasteiger partial charge in [0.25, 0.3) is 5.78 Å². The number of amides is 1. The van der Waals surface area contributed by atoms with E-state index in [0.717, 1.165) is 17.5 Å². The highest BCUT2D eigenvalue weighted by molar-refractivity contribution is 7.90. The van der Waals surface area contributed by atoms with Crippen LogP contribution in [0, 0.1) is 13.8 Å². The summed E-state index contributed by atoms with van der Waals surface area (Å²) in [6.07, 6.45) is 2.64. The number of rotatable bonds is 4. The maximum atomic E-state index is 12.4. The number of sulfone groups is 1. The number of aryl methyl sites for hydroxylation is 2. The van der Waals surface area contributed by atoms with Crippen molar-refractivity contribution in [1.29, 1.82) is 0 Å². The summed E-state index contributed by atoms with van der Waals surface area (Å²) in [5, 5.41) is 6.82. The molecule has 2 aromatic heterocycles. The van der Waals surface area contributed by atoms with E-state index in [4.69, 9.17) is 0 Å². The first-order chi connectivity index (χ1) is 11.8. The lowest BCUT2D eigenvalue weighted by atomic mass is 10.1. The molecular formula is C16H17N5O3S. The van der Waals surface area contributed by atoms with Gasteiger partial charge in [-0.3, -0.25) is 4.79 Å². The van der Waals surface area contributed by atoms with Crippen LogP contribution >= 0.6 is 0 Å². The summed E-state index contributed by atoms with van der Waals surface area (Å²) in [6.45, 7) is 3.66. The average Bonchev–Trinajstić information content (AvgIpc) is 2.99. The Morgan fingerprint density at radius 1 is 1.28 bits per heavy atom. The summed E-state index contributed by atoms with van der Waals surface area (Å²) in [5.74, 6) is 0.220. The van der Waals surface area contributed by atoms with E-state index in [0.29, 0.717) is 17.2 Å². The van der Waals surface area contributed by atoms with E-state index in [1.807, 2.05) is 13.8 Å². The molecule has 1 amide bonds. The molecule has 130 valence electrons. The highest BCUT2D eigenvalue weighted by Gasteiger charge is 2.15. The molecule has 25 heavy (non-hydrogen) atoms. The highest BCUT2D eigenvalue weighted by Crippen LogP contribution is 2.17. The van der Waals surface area contributed by atoms with Gasteiger partial charge >= 0.3 is 0 Å². The number of nitrogens with zero attached hydrogens (tertiary/aromatic N) is 4. The van der Waals surface area contributed by atoms with Crippen LogP contribution in [0.4, 0.5) is 5.69 Å². The lowest BCUT2D eigenvalue weighted by molar-refractivity contribution is -0.115. The normalized spacial score (nSPS) is 11.6. The zero-order valence-corrected chi connectivity index (χ0v) is 14.8. The lowest BCUT2D eigenvalue weighted by Crippen LogP contribution is -2.18. The molecule has 1 aromatic carbocycles. The zero-order valence-electron chi connectivity index (χ0n) is 14.0. The molecule has 0 saturated carbocycles. The summed E-state index contributed by atoms with van der Waals surface area (Å²) in [4.78, 5) is 20.9. The third-order valence-corrected chi connectivity index (χ3v) is 4.98. The van der Waals surface area contributed by atoms with Gasteiger partial charge in [-0.15, -0.1) is 0 Å². The fourth-order valence-corrected chi connectivity index (χ4v) is 3.25.